The predicted octanol–water partition coefficient (Wildman–Crippen LogP) is 3.46. The van der Waals surface area contributed by atoms with Crippen LogP contribution in [0.25, 0.3) is 0 Å². The molecule has 1 atom stereocenters. The second kappa shape index (κ2) is 6.28. The third-order valence-corrected chi connectivity index (χ3v) is 3.80. The summed E-state index contributed by atoms with van der Waals surface area (Å²) in [5.41, 5.74) is 0.833. The van der Waals surface area contributed by atoms with E-state index in [0.29, 0.717) is 16.1 Å². The van der Waals surface area contributed by atoms with Gasteiger partial charge in [-0.3, -0.25) is 4.79 Å². The molecule has 1 unspecified atom stereocenters. The third-order valence-electron chi connectivity index (χ3n) is 2.63. The molecule has 0 aromatic carbocycles. The first-order valence-corrected chi connectivity index (χ1v) is 7.24. The molecular formula is C13H14ClN3O2S. The molecule has 20 heavy (non-hydrogen) atoms. The summed E-state index contributed by atoms with van der Waals surface area (Å²) in [4.78, 5) is 20.3. The van der Waals surface area contributed by atoms with Crippen LogP contribution in [0.2, 0.25) is 5.02 Å². The highest BCUT2D eigenvalue weighted by molar-refractivity contribution is 8.00. The highest BCUT2D eigenvalue weighted by Crippen LogP contribution is 2.25. The van der Waals surface area contributed by atoms with Gasteiger partial charge in [0.25, 0.3) is 5.22 Å². The van der Waals surface area contributed by atoms with Gasteiger partial charge in [-0.25, -0.2) is 9.97 Å². The van der Waals surface area contributed by atoms with Crippen molar-refractivity contribution in [1.29, 1.82) is 0 Å². The molecule has 0 radical (unpaired) electrons. The summed E-state index contributed by atoms with van der Waals surface area (Å²) in [6.07, 6.45) is 1.48. The van der Waals surface area contributed by atoms with Crippen LogP contribution in [-0.4, -0.2) is 21.1 Å². The summed E-state index contributed by atoms with van der Waals surface area (Å²) in [6.45, 7) is 5.49. The zero-order chi connectivity index (χ0) is 14.7. The van der Waals surface area contributed by atoms with Crippen molar-refractivity contribution >= 4 is 35.1 Å². The molecule has 7 heteroatoms. The number of hydrogen-bond acceptors (Lipinski definition) is 5. The molecular weight excluding hydrogens is 298 g/mol. The molecule has 0 spiro atoms. The Bertz CT molecular complexity index is 593. The Labute approximate surface area is 126 Å². The van der Waals surface area contributed by atoms with Crippen LogP contribution < -0.4 is 5.32 Å². The fourth-order valence-corrected chi connectivity index (χ4v) is 2.32. The lowest BCUT2D eigenvalue weighted by atomic mass is 10.4. The maximum absolute atomic E-state index is 12.0. The summed E-state index contributed by atoms with van der Waals surface area (Å²) in [6, 6.07) is 3.32. The van der Waals surface area contributed by atoms with Crippen molar-refractivity contribution in [3.8, 4) is 0 Å². The first kappa shape index (κ1) is 14.9. The number of carbonyl (C=O) groups is 1. The average molecular weight is 312 g/mol. The molecule has 1 N–H and O–H groups in total. The Morgan fingerprint density at radius 1 is 1.45 bits per heavy atom. The largest absolute Gasteiger partial charge is 0.437 e. The fraction of sp³-hybridized carbons (Fsp3) is 0.308. The van der Waals surface area contributed by atoms with E-state index in [9.17, 15) is 4.79 Å². The SMILES string of the molecule is Cc1nc(SC(C)C(=O)Nc2ccc(Cl)cn2)oc1C. The molecule has 2 aromatic heterocycles. The quantitative estimate of drug-likeness (QED) is 0.876. The number of aromatic nitrogens is 2. The van der Waals surface area contributed by atoms with Gasteiger partial charge < -0.3 is 9.73 Å². The van der Waals surface area contributed by atoms with Crippen LogP contribution in [0.4, 0.5) is 5.82 Å². The first-order valence-electron chi connectivity index (χ1n) is 5.99. The van der Waals surface area contributed by atoms with Gasteiger partial charge in [-0.2, -0.15) is 0 Å². The minimum Gasteiger partial charge on any atom is -0.437 e. The van der Waals surface area contributed by atoms with Gasteiger partial charge in [-0.05, 0) is 32.9 Å². The maximum atomic E-state index is 12.0. The highest BCUT2D eigenvalue weighted by Gasteiger charge is 2.18. The monoisotopic (exact) mass is 311 g/mol. The van der Waals surface area contributed by atoms with E-state index in [1.54, 1.807) is 19.1 Å². The molecule has 1 amide bonds. The lowest BCUT2D eigenvalue weighted by molar-refractivity contribution is -0.115. The molecule has 2 rings (SSSR count). The number of anilines is 1. The van der Waals surface area contributed by atoms with Gasteiger partial charge in [0, 0.05) is 6.20 Å². The molecule has 2 aromatic rings. The standard InChI is InChI=1S/C13H14ClN3O2S/c1-7-8(2)19-13(16-7)20-9(3)12(18)17-11-5-4-10(14)6-15-11/h4-6,9H,1-3H3,(H,15,17,18). The van der Waals surface area contributed by atoms with Gasteiger partial charge in [0.2, 0.25) is 5.91 Å². The van der Waals surface area contributed by atoms with Crippen LogP contribution in [0, 0.1) is 13.8 Å². The van der Waals surface area contributed by atoms with E-state index < -0.39 is 0 Å². The normalized spacial score (nSPS) is 12.2. The fourth-order valence-electron chi connectivity index (χ4n) is 1.38. The molecule has 0 aliphatic carbocycles. The smallest absolute Gasteiger partial charge is 0.256 e. The van der Waals surface area contributed by atoms with Gasteiger partial charge in [0.05, 0.1) is 16.0 Å². The number of rotatable bonds is 4. The number of amides is 1. The van der Waals surface area contributed by atoms with Crippen LogP contribution in [-0.2, 0) is 4.79 Å². The number of thioether (sulfide) groups is 1. The minimum absolute atomic E-state index is 0.168. The van der Waals surface area contributed by atoms with Gasteiger partial charge in [-0.15, -0.1) is 0 Å². The van der Waals surface area contributed by atoms with E-state index in [1.807, 2.05) is 13.8 Å². The number of carbonyl (C=O) groups excluding carboxylic acids is 1. The zero-order valence-electron chi connectivity index (χ0n) is 11.3. The van der Waals surface area contributed by atoms with E-state index in [-0.39, 0.29) is 11.2 Å². The number of halogens is 1. The zero-order valence-corrected chi connectivity index (χ0v) is 12.9. The van der Waals surface area contributed by atoms with Gasteiger partial charge in [-0.1, -0.05) is 23.4 Å². The van der Waals surface area contributed by atoms with Crippen LogP contribution in [0.3, 0.4) is 0 Å². The highest BCUT2D eigenvalue weighted by atomic mass is 35.5. The summed E-state index contributed by atoms with van der Waals surface area (Å²) in [7, 11) is 0. The van der Waals surface area contributed by atoms with Crippen molar-refractivity contribution in [3.63, 3.8) is 0 Å². The van der Waals surface area contributed by atoms with Gasteiger partial charge in [0.15, 0.2) is 0 Å². The summed E-state index contributed by atoms with van der Waals surface area (Å²) in [5, 5.41) is 3.39. The van der Waals surface area contributed by atoms with Crippen molar-refractivity contribution in [3.05, 3.63) is 34.8 Å². The molecule has 0 saturated heterocycles. The number of nitrogens with zero attached hydrogens (tertiary/aromatic N) is 2. The molecule has 0 aliphatic heterocycles. The Kier molecular flexibility index (Phi) is 4.67. The number of pyridine rings is 1. The maximum Gasteiger partial charge on any atom is 0.256 e. The van der Waals surface area contributed by atoms with Crippen LogP contribution in [0.15, 0.2) is 28.0 Å². The van der Waals surface area contributed by atoms with Crippen LogP contribution >= 0.6 is 23.4 Å². The topological polar surface area (TPSA) is 68.0 Å². The number of nitrogens with one attached hydrogen (secondary N) is 1. The molecule has 0 aliphatic rings. The van der Waals surface area contributed by atoms with Crippen molar-refractivity contribution in [2.24, 2.45) is 0 Å². The summed E-state index contributed by atoms with van der Waals surface area (Å²) < 4.78 is 5.44. The van der Waals surface area contributed by atoms with E-state index >= 15 is 0 Å². The van der Waals surface area contributed by atoms with Crippen molar-refractivity contribution in [1.82, 2.24) is 9.97 Å². The average Bonchev–Trinajstić information content (AvgIpc) is 2.71. The Hall–Kier alpha value is -1.53. The second-order valence-electron chi connectivity index (χ2n) is 4.23. The predicted molar refractivity (Wildman–Crippen MR) is 79.2 cm³/mol. The van der Waals surface area contributed by atoms with Crippen molar-refractivity contribution in [2.75, 3.05) is 5.32 Å². The summed E-state index contributed by atoms with van der Waals surface area (Å²) in [5.74, 6) is 1.06. The second-order valence-corrected chi connectivity index (χ2v) is 5.96. The molecule has 106 valence electrons. The summed E-state index contributed by atoms with van der Waals surface area (Å²) >= 11 is 7.00. The lowest BCUT2D eigenvalue weighted by Gasteiger charge is -2.09. The van der Waals surface area contributed by atoms with E-state index in [4.69, 9.17) is 16.0 Å². The Balaban J connectivity index is 1.96. The number of hydrogen-bond donors (Lipinski definition) is 1. The molecule has 0 fully saturated rings. The van der Waals surface area contributed by atoms with Crippen molar-refractivity contribution in [2.45, 2.75) is 31.2 Å². The van der Waals surface area contributed by atoms with Crippen molar-refractivity contribution < 1.29 is 9.21 Å². The number of aryl methyl sites for hydroxylation is 2. The lowest BCUT2D eigenvalue weighted by Crippen LogP contribution is -2.22. The Morgan fingerprint density at radius 2 is 2.20 bits per heavy atom. The first-order chi connectivity index (χ1) is 9.45. The van der Waals surface area contributed by atoms with Gasteiger partial charge in [0.1, 0.15) is 11.6 Å². The van der Waals surface area contributed by atoms with Gasteiger partial charge >= 0.3 is 0 Å². The molecule has 5 nitrogen and oxygen atoms in total. The Morgan fingerprint density at radius 3 is 2.75 bits per heavy atom. The number of oxazole rings is 1. The third kappa shape index (κ3) is 3.74. The van der Waals surface area contributed by atoms with E-state index in [0.717, 1.165) is 11.5 Å². The van der Waals surface area contributed by atoms with Crippen LogP contribution in [0.5, 0.6) is 0 Å². The molecule has 0 saturated carbocycles. The molecule has 0 bridgehead atoms. The van der Waals surface area contributed by atoms with Crippen LogP contribution in [0.1, 0.15) is 18.4 Å². The molecule has 2 heterocycles. The van der Waals surface area contributed by atoms with E-state index in [2.05, 4.69) is 15.3 Å². The minimum atomic E-state index is -0.343. The van der Waals surface area contributed by atoms with E-state index in [1.165, 1.54) is 18.0 Å².